The lowest BCUT2D eigenvalue weighted by Gasteiger charge is -2.28. The Kier molecular flexibility index (Phi) is 2.86. The van der Waals surface area contributed by atoms with Gasteiger partial charge in [0, 0.05) is 6.54 Å². The zero-order chi connectivity index (χ0) is 5.86. The first-order valence-corrected chi connectivity index (χ1v) is 2.04. The van der Waals surface area contributed by atoms with Crippen molar-refractivity contribution in [3.05, 3.63) is 5.21 Å². The second kappa shape index (κ2) is 2.92. The summed E-state index contributed by atoms with van der Waals surface area (Å²) in [7, 11) is 1.34. The summed E-state index contributed by atoms with van der Waals surface area (Å²) in [4.78, 5) is 0. The monoisotopic (exact) mass is 104 g/mol. The molecule has 0 aromatic carbocycles. The molecule has 4 heteroatoms. The first kappa shape index (κ1) is 6.84. The maximum absolute atomic E-state index is 10.1. The van der Waals surface area contributed by atoms with Gasteiger partial charge in [-0.15, -0.1) is 0 Å². The van der Waals surface area contributed by atoms with Gasteiger partial charge < -0.3 is 21.7 Å². The minimum Gasteiger partial charge on any atom is -0.784 e. The van der Waals surface area contributed by atoms with Crippen LogP contribution < -0.4 is 11.5 Å². The Morgan fingerprint density at radius 2 is 2.29 bits per heavy atom. The molecule has 0 amide bonds. The molecular weight excluding hydrogens is 94.1 g/mol. The van der Waals surface area contributed by atoms with Gasteiger partial charge in [0.05, 0.1) is 6.17 Å². The second-order valence-electron chi connectivity index (χ2n) is 1.35. The molecule has 4 N–H and O–H groups in total. The summed E-state index contributed by atoms with van der Waals surface area (Å²) in [6.07, 6.45) is -0.542. The van der Waals surface area contributed by atoms with E-state index in [1.807, 2.05) is 0 Å². The van der Waals surface area contributed by atoms with E-state index in [2.05, 4.69) is 0 Å². The molecular formula is C3H10N3O-. The Balaban J connectivity index is 3.14. The van der Waals surface area contributed by atoms with Gasteiger partial charge in [0.2, 0.25) is 0 Å². The molecule has 7 heavy (non-hydrogen) atoms. The van der Waals surface area contributed by atoms with Crippen molar-refractivity contribution < 1.29 is 0 Å². The predicted octanol–water partition coefficient (Wildman–Crippen LogP) is -1.34. The SMILES string of the molecule is CN([O-])C(N)CN. The van der Waals surface area contributed by atoms with Gasteiger partial charge in [-0.25, -0.2) is 0 Å². The summed E-state index contributed by atoms with van der Waals surface area (Å²) >= 11 is 0. The lowest BCUT2D eigenvalue weighted by atomic mass is 10.5. The van der Waals surface area contributed by atoms with Crippen LogP contribution in [0.5, 0.6) is 0 Å². The third-order valence-corrected chi connectivity index (χ3v) is 0.709. The van der Waals surface area contributed by atoms with Gasteiger partial charge in [-0.3, -0.25) is 0 Å². The molecule has 0 rings (SSSR count). The highest BCUT2D eigenvalue weighted by atomic mass is 16.5. The van der Waals surface area contributed by atoms with Gasteiger partial charge in [0.25, 0.3) is 0 Å². The fourth-order valence-electron chi connectivity index (χ4n) is 0.148. The van der Waals surface area contributed by atoms with Gasteiger partial charge in [-0.2, -0.15) is 0 Å². The zero-order valence-electron chi connectivity index (χ0n) is 4.29. The van der Waals surface area contributed by atoms with Crippen LogP contribution in [0.2, 0.25) is 0 Å². The summed E-state index contributed by atoms with van der Waals surface area (Å²) in [5.41, 5.74) is 10.1. The average Bonchev–Trinajstić information content (AvgIpc) is 1.65. The number of hydroxylamine groups is 2. The molecule has 0 fully saturated rings. The molecule has 0 saturated heterocycles. The van der Waals surface area contributed by atoms with E-state index in [4.69, 9.17) is 11.5 Å². The Hall–Kier alpha value is -0.160. The average molecular weight is 104 g/mol. The Morgan fingerprint density at radius 3 is 2.29 bits per heavy atom. The van der Waals surface area contributed by atoms with E-state index in [1.54, 1.807) is 0 Å². The van der Waals surface area contributed by atoms with Crippen LogP contribution in [0.3, 0.4) is 0 Å². The summed E-state index contributed by atoms with van der Waals surface area (Å²) in [5, 5.41) is 10.7. The molecule has 0 aliphatic heterocycles. The first-order chi connectivity index (χ1) is 3.18. The third-order valence-electron chi connectivity index (χ3n) is 0.709. The highest BCUT2D eigenvalue weighted by Crippen LogP contribution is 1.77. The Bertz CT molecular complexity index is 47.4. The topological polar surface area (TPSA) is 78.3 Å². The van der Waals surface area contributed by atoms with Crippen molar-refractivity contribution in [1.29, 1.82) is 0 Å². The van der Waals surface area contributed by atoms with Crippen LogP contribution >= 0.6 is 0 Å². The van der Waals surface area contributed by atoms with Crippen molar-refractivity contribution >= 4 is 0 Å². The highest BCUT2D eigenvalue weighted by molar-refractivity contribution is 4.59. The first-order valence-electron chi connectivity index (χ1n) is 2.04. The molecule has 44 valence electrons. The fraction of sp³-hybridized carbons (Fsp3) is 1.00. The van der Waals surface area contributed by atoms with E-state index >= 15 is 0 Å². The van der Waals surface area contributed by atoms with Crippen LogP contribution in [0.25, 0.3) is 0 Å². The molecule has 0 heterocycles. The molecule has 0 aliphatic rings. The highest BCUT2D eigenvalue weighted by Gasteiger charge is 1.92. The number of nitrogens with two attached hydrogens (primary N) is 2. The van der Waals surface area contributed by atoms with Gasteiger partial charge in [0.1, 0.15) is 0 Å². The van der Waals surface area contributed by atoms with Gasteiger partial charge in [0.15, 0.2) is 0 Å². The van der Waals surface area contributed by atoms with Gasteiger partial charge in [-0.1, -0.05) is 0 Å². The number of likely N-dealkylation sites (N-methyl/N-ethyl adjacent to an activating group) is 1. The van der Waals surface area contributed by atoms with E-state index in [9.17, 15) is 5.21 Å². The molecule has 0 spiro atoms. The lowest BCUT2D eigenvalue weighted by Crippen LogP contribution is -2.41. The number of rotatable bonds is 2. The zero-order valence-corrected chi connectivity index (χ0v) is 4.29. The van der Waals surface area contributed by atoms with E-state index < -0.39 is 6.17 Å². The molecule has 0 saturated carbocycles. The minimum atomic E-state index is -0.542. The smallest absolute Gasteiger partial charge is 0.0581 e. The molecule has 0 aromatic rings. The molecule has 1 atom stereocenters. The van der Waals surface area contributed by atoms with E-state index in [1.165, 1.54) is 7.05 Å². The van der Waals surface area contributed by atoms with E-state index in [0.29, 0.717) is 5.06 Å². The largest absolute Gasteiger partial charge is 0.784 e. The summed E-state index contributed by atoms with van der Waals surface area (Å²) in [6, 6.07) is 0. The normalized spacial score (nSPS) is 15.0. The fourth-order valence-corrected chi connectivity index (χ4v) is 0.148. The van der Waals surface area contributed by atoms with Crippen LogP contribution in [0.1, 0.15) is 0 Å². The van der Waals surface area contributed by atoms with Crippen molar-refractivity contribution in [1.82, 2.24) is 5.06 Å². The third kappa shape index (κ3) is 2.52. The minimum absolute atomic E-state index is 0.208. The van der Waals surface area contributed by atoms with Crippen LogP contribution in [-0.2, 0) is 0 Å². The van der Waals surface area contributed by atoms with Crippen molar-refractivity contribution in [3.63, 3.8) is 0 Å². The van der Waals surface area contributed by atoms with E-state index in [-0.39, 0.29) is 6.54 Å². The maximum Gasteiger partial charge on any atom is 0.0581 e. The number of hydrogen-bond acceptors (Lipinski definition) is 4. The van der Waals surface area contributed by atoms with Crippen molar-refractivity contribution in [2.24, 2.45) is 11.5 Å². The van der Waals surface area contributed by atoms with Crippen molar-refractivity contribution in [2.45, 2.75) is 6.17 Å². The van der Waals surface area contributed by atoms with Crippen LogP contribution in [0.4, 0.5) is 0 Å². The molecule has 1 unspecified atom stereocenters. The van der Waals surface area contributed by atoms with Gasteiger partial charge >= 0.3 is 0 Å². The Labute approximate surface area is 42.7 Å². The van der Waals surface area contributed by atoms with Crippen molar-refractivity contribution in [3.8, 4) is 0 Å². The predicted molar refractivity (Wildman–Crippen MR) is 28.2 cm³/mol. The van der Waals surface area contributed by atoms with Crippen LogP contribution in [-0.4, -0.2) is 24.8 Å². The molecule has 4 nitrogen and oxygen atoms in total. The van der Waals surface area contributed by atoms with E-state index in [0.717, 1.165) is 0 Å². The van der Waals surface area contributed by atoms with Crippen LogP contribution in [0.15, 0.2) is 0 Å². The lowest BCUT2D eigenvalue weighted by molar-refractivity contribution is 0.345. The Morgan fingerprint density at radius 1 is 1.86 bits per heavy atom. The maximum atomic E-state index is 10.1. The summed E-state index contributed by atoms with van der Waals surface area (Å²) < 4.78 is 0. The molecule has 0 aromatic heterocycles. The number of hydrogen-bond donors (Lipinski definition) is 2. The second-order valence-corrected chi connectivity index (χ2v) is 1.35. The number of nitrogens with zero attached hydrogens (tertiary/aromatic N) is 1. The van der Waals surface area contributed by atoms with Gasteiger partial charge in [-0.05, 0) is 7.05 Å². The summed E-state index contributed by atoms with van der Waals surface area (Å²) in [6.45, 7) is 0.208. The summed E-state index contributed by atoms with van der Waals surface area (Å²) in [5.74, 6) is 0. The quantitative estimate of drug-likeness (QED) is 0.335. The standard InChI is InChI=1S/C3H10N3O/c1-6(7)3(5)2-4/h3H,2,4-5H2,1H3/q-1. The molecule has 0 bridgehead atoms. The molecule has 0 radical (unpaired) electrons. The van der Waals surface area contributed by atoms with Crippen molar-refractivity contribution in [2.75, 3.05) is 13.6 Å². The molecule has 0 aliphatic carbocycles. The van der Waals surface area contributed by atoms with Crippen LogP contribution in [0, 0.1) is 5.21 Å².